The van der Waals surface area contributed by atoms with E-state index in [1.165, 1.54) is 0 Å². The number of rotatable bonds is 23. The molecule has 0 saturated carbocycles. The Labute approximate surface area is 291 Å². The van der Waals surface area contributed by atoms with Crippen LogP contribution in [0, 0.1) is 17.8 Å². The van der Waals surface area contributed by atoms with E-state index in [-0.39, 0.29) is 30.6 Å². The van der Waals surface area contributed by atoms with Crippen LogP contribution < -0.4 is 37.6 Å². The molecule has 0 unspecified atom stereocenters. The molecule has 6 amide bonds. The van der Waals surface area contributed by atoms with Crippen molar-refractivity contribution in [3.63, 3.8) is 0 Å². The highest BCUT2D eigenvalue weighted by Gasteiger charge is 2.34. The number of nitrogens with one attached hydrogen (secondary N) is 6. The van der Waals surface area contributed by atoms with Crippen LogP contribution in [0.15, 0.2) is 0 Å². The van der Waals surface area contributed by atoms with Gasteiger partial charge in [0.1, 0.15) is 24.2 Å². The summed E-state index contributed by atoms with van der Waals surface area (Å²) >= 11 is 0. The molecular formula is C31H55N7O12. The Morgan fingerprint density at radius 1 is 0.580 bits per heavy atom. The van der Waals surface area contributed by atoms with Crippen molar-refractivity contribution < 1.29 is 58.8 Å². The molecule has 0 saturated heterocycles. The fourth-order valence-electron chi connectivity index (χ4n) is 4.60. The van der Waals surface area contributed by atoms with Gasteiger partial charge in [-0.25, -0.2) is 4.79 Å². The number of hydrogen-bond acceptors (Lipinski definition) is 11. The van der Waals surface area contributed by atoms with Gasteiger partial charge in [0.15, 0.2) is 6.04 Å². The van der Waals surface area contributed by atoms with E-state index < -0.39 is 109 Å². The monoisotopic (exact) mass is 717 g/mol. The molecule has 0 bridgehead atoms. The standard InChI is InChI=1S/C31H55N7O12/c1-14(2)8-18(32)26(44)35-19(9-15(3)4)27(45)33-12-23(41)34-20(10-16(5)6)28(46)36-21(11-24(42)43)29(47)37-22(13-39)30(48)38-25(17(7)40)31(49)50/h14-22,25,39-40H,8-13,32H2,1-7H3,(H,33,45)(H,34,41)(H,35,44)(H,36,46)(H,37,47)(H,38,48)(H,42,43)(H,49,50)/t17-,18+,19+,20+,21+,22+,25+/m1/s1. The Morgan fingerprint density at radius 3 is 1.46 bits per heavy atom. The molecule has 0 aliphatic heterocycles. The molecular weight excluding hydrogens is 662 g/mol. The number of carboxylic acids is 2. The Kier molecular flexibility index (Phi) is 20.4. The second-order valence-electron chi connectivity index (χ2n) is 13.4. The van der Waals surface area contributed by atoms with Crippen molar-refractivity contribution in [2.45, 2.75) is 117 Å². The van der Waals surface area contributed by atoms with Gasteiger partial charge in [-0.05, 0) is 43.9 Å². The van der Waals surface area contributed by atoms with Gasteiger partial charge in [-0.3, -0.25) is 33.6 Å². The summed E-state index contributed by atoms with van der Waals surface area (Å²) < 4.78 is 0. The number of aliphatic hydroxyl groups excluding tert-OH is 2. The lowest BCUT2D eigenvalue weighted by Gasteiger charge is -2.26. The van der Waals surface area contributed by atoms with Crippen molar-refractivity contribution in [3.8, 4) is 0 Å². The van der Waals surface area contributed by atoms with Crippen LogP contribution in [0.5, 0.6) is 0 Å². The predicted molar refractivity (Wildman–Crippen MR) is 178 cm³/mol. The molecule has 286 valence electrons. The third kappa shape index (κ3) is 17.9. The molecule has 0 heterocycles. The minimum absolute atomic E-state index is 0.01000. The summed E-state index contributed by atoms with van der Waals surface area (Å²) in [6, 6.07) is -8.55. The summed E-state index contributed by atoms with van der Waals surface area (Å²) in [5.74, 6) is -8.62. The molecule has 0 spiro atoms. The van der Waals surface area contributed by atoms with Crippen LogP contribution in [0.25, 0.3) is 0 Å². The quantitative estimate of drug-likeness (QED) is 0.0500. The third-order valence-electron chi connectivity index (χ3n) is 7.06. The van der Waals surface area contributed by atoms with E-state index in [1.54, 1.807) is 13.8 Å². The molecule has 0 aromatic heterocycles. The summed E-state index contributed by atoms with van der Waals surface area (Å²) in [5.41, 5.74) is 5.94. The van der Waals surface area contributed by atoms with Crippen molar-refractivity contribution in [2.75, 3.05) is 13.2 Å². The Hall–Kier alpha value is -4.36. The number of hydrogen-bond donors (Lipinski definition) is 11. The first-order valence-electron chi connectivity index (χ1n) is 16.4. The highest BCUT2D eigenvalue weighted by Crippen LogP contribution is 2.09. The maximum absolute atomic E-state index is 13.3. The number of carbonyl (C=O) groups is 8. The van der Waals surface area contributed by atoms with Crippen molar-refractivity contribution in [1.29, 1.82) is 0 Å². The minimum atomic E-state index is -1.82. The topological polar surface area (TPSA) is 316 Å². The zero-order valence-corrected chi connectivity index (χ0v) is 29.6. The van der Waals surface area contributed by atoms with Gasteiger partial charge in [0.25, 0.3) is 0 Å². The van der Waals surface area contributed by atoms with Crippen molar-refractivity contribution in [3.05, 3.63) is 0 Å². The lowest BCUT2D eigenvalue weighted by Crippen LogP contribution is -2.60. The lowest BCUT2D eigenvalue weighted by molar-refractivity contribution is -0.146. The first kappa shape index (κ1) is 45.6. The van der Waals surface area contributed by atoms with E-state index in [1.807, 2.05) is 38.3 Å². The average Bonchev–Trinajstić information content (AvgIpc) is 2.98. The van der Waals surface area contributed by atoms with Crippen LogP contribution in [0.1, 0.15) is 74.1 Å². The van der Waals surface area contributed by atoms with Crippen LogP contribution in [0.2, 0.25) is 0 Å². The average molecular weight is 718 g/mol. The predicted octanol–water partition coefficient (Wildman–Crippen LogP) is -3.08. The third-order valence-corrected chi connectivity index (χ3v) is 7.06. The summed E-state index contributed by atoms with van der Waals surface area (Å²) in [6.07, 6.45) is -1.87. The maximum atomic E-state index is 13.3. The van der Waals surface area contributed by atoms with Gasteiger partial charge < -0.3 is 58.1 Å². The van der Waals surface area contributed by atoms with Gasteiger partial charge in [0, 0.05) is 0 Å². The Balaban J connectivity index is 5.72. The fourth-order valence-corrected chi connectivity index (χ4v) is 4.60. The summed E-state index contributed by atoms with van der Waals surface area (Å²) in [7, 11) is 0. The highest BCUT2D eigenvalue weighted by molar-refractivity contribution is 5.97. The van der Waals surface area contributed by atoms with E-state index in [4.69, 9.17) is 5.73 Å². The van der Waals surface area contributed by atoms with Gasteiger partial charge in [-0.15, -0.1) is 0 Å². The van der Waals surface area contributed by atoms with Crippen LogP contribution >= 0.6 is 0 Å². The summed E-state index contributed by atoms with van der Waals surface area (Å²) in [4.78, 5) is 100.0. The molecule has 12 N–H and O–H groups in total. The minimum Gasteiger partial charge on any atom is -0.481 e. The van der Waals surface area contributed by atoms with E-state index in [2.05, 4.69) is 21.3 Å². The number of amides is 6. The SMILES string of the molecule is CC(C)C[C@H](NC(=O)CNC(=O)[C@H](CC(C)C)NC(=O)[C@@H](N)CC(C)C)C(=O)N[C@@H](CC(=O)O)C(=O)N[C@@H](CO)C(=O)N[C@H](C(=O)O)[C@@H](C)O. The van der Waals surface area contributed by atoms with Gasteiger partial charge in [-0.2, -0.15) is 0 Å². The van der Waals surface area contributed by atoms with E-state index in [0.717, 1.165) is 6.92 Å². The zero-order valence-electron chi connectivity index (χ0n) is 29.6. The molecule has 50 heavy (non-hydrogen) atoms. The van der Waals surface area contributed by atoms with Crippen molar-refractivity contribution in [1.82, 2.24) is 31.9 Å². The van der Waals surface area contributed by atoms with Crippen LogP contribution in [-0.4, -0.2) is 123 Å². The number of carbonyl (C=O) groups excluding carboxylic acids is 6. The van der Waals surface area contributed by atoms with Gasteiger partial charge in [0.05, 0.1) is 31.7 Å². The molecule has 7 atom stereocenters. The first-order chi connectivity index (χ1) is 23.1. The molecule has 0 fully saturated rings. The number of aliphatic hydroxyl groups is 2. The fraction of sp³-hybridized carbons (Fsp3) is 0.742. The molecule has 0 aromatic rings. The molecule has 19 heteroatoms. The second-order valence-corrected chi connectivity index (χ2v) is 13.4. The zero-order chi connectivity index (χ0) is 38.9. The maximum Gasteiger partial charge on any atom is 0.328 e. The lowest BCUT2D eigenvalue weighted by atomic mass is 10.0. The smallest absolute Gasteiger partial charge is 0.328 e. The number of aliphatic carboxylic acids is 2. The Morgan fingerprint density at radius 2 is 1.02 bits per heavy atom. The van der Waals surface area contributed by atoms with Crippen LogP contribution in [-0.2, 0) is 38.4 Å². The summed E-state index contributed by atoms with van der Waals surface area (Å²) in [5, 5.41) is 51.5. The van der Waals surface area contributed by atoms with E-state index in [9.17, 15) is 58.8 Å². The van der Waals surface area contributed by atoms with Crippen LogP contribution in [0.3, 0.4) is 0 Å². The first-order valence-corrected chi connectivity index (χ1v) is 16.4. The van der Waals surface area contributed by atoms with Gasteiger partial charge in [-0.1, -0.05) is 41.5 Å². The van der Waals surface area contributed by atoms with Crippen molar-refractivity contribution in [2.24, 2.45) is 23.5 Å². The molecule has 0 aliphatic rings. The van der Waals surface area contributed by atoms with E-state index >= 15 is 0 Å². The number of nitrogens with two attached hydrogens (primary N) is 1. The molecule has 0 aliphatic carbocycles. The van der Waals surface area contributed by atoms with Crippen LogP contribution in [0.4, 0.5) is 0 Å². The van der Waals surface area contributed by atoms with Gasteiger partial charge >= 0.3 is 11.9 Å². The highest BCUT2D eigenvalue weighted by atomic mass is 16.4. The molecule has 19 nitrogen and oxygen atoms in total. The van der Waals surface area contributed by atoms with E-state index in [0.29, 0.717) is 6.42 Å². The summed E-state index contributed by atoms with van der Waals surface area (Å²) in [6.45, 7) is 10.3. The second kappa shape index (κ2) is 22.4. The molecule has 0 aromatic carbocycles. The Bertz CT molecular complexity index is 1190. The van der Waals surface area contributed by atoms with Gasteiger partial charge in [0.2, 0.25) is 35.4 Å². The molecule has 0 radical (unpaired) electrons. The van der Waals surface area contributed by atoms with Crippen molar-refractivity contribution >= 4 is 47.4 Å². The molecule has 0 rings (SSSR count). The largest absolute Gasteiger partial charge is 0.481 e. The number of carboxylic acid groups (broad SMARTS) is 2. The normalized spacial score (nSPS) is 15.5.